The van der Waals surface area contributed by atoms with Gasteiger partial charge in [0.2, 0.25) is 0 Å². The van der Waals surface area contributed by atoms with Crippen LogP contribution in [0.3, 0.4) is 0 Å². The lowest BCUT2D eigenvalue weighted by atomic mass is 10.1. The van der Waals surface area contributed by atoms with Gasteiger partial charge < -0.3 is 14.5 Å². The number of carbonyl (C=O) groups is 2. The molecule has 0 spiro atoms. The van der Waals surface area contributed by atoms with Gasteiger partial charge in [0, 0.05) is 16.3 Å². The average molecular weight is 368 g/mol. The lowest BCUT2D eigenvalue weighted by Crippen LogP contribution is -2.17. The van der Waals surface area contributed by atoms with Crippen LogP contribution in [0.5, 0.6) is 0 Å². The molecule has 0 amide bonds. The van der Waals surface area contributed by atoms with E-state index in [4.69, 9.17) is 9.47 Å². The minimum atomic E-state index is -0.678. The molecule has 3 aromatic rings. The van der Waals surface area contributed by atoms with Gasteiger partial charge in [0.15, 0.2) is 6.04 Å². The van der Waals surface area contributed by atoms with Crippen LogP contribution in [0.1, 0.15) is 31.3 Å². The fourth-order valence-corrected chi connectivity index (χ4v) is 2.63. The Kier molecular flexibility index (Phi) is 5.44. The molecule has 1 unspecified atom stereocenters. The minimum Gasteiger partial charge on any atom is -0.464 e. The van der Waals surface area contributed by atoms with Crippen molar-refractivity contribution in [2.45, 2.75) is 26.8 Å². The number of pyridine rings is 1. The number of hydrogen-bond acceptors (Lipinski definition) is 7. The topological polar surface area (TPSA) is 106 Å². The molecule has 1 atom stereocenters. The molecule has 2 heterocycles. The summed E-state index contributed by atoms with van der Waals surface area (Å²) in [6, 6.07) is 6.50. The zero-order valence-corrected chi connectivity index (χ0v) is 15.4. The second-order valence-electron chi connectivity index (χ2n) is 5.83. The predicted octanol–water partition coefficient (Wildman–Crippen LogP) is 3.93. The molecule has 27 heavy (non-hydrogen) atoms. The van der Waals surface area contributed by atoms with Crippen molar-refractivity contribution >= 4 is 39.4 Å². The van der Waals surface area contributed by atoms with Gasteiger partial charge in [-0.2, -0.15) is 10.2 Å². The van der Waals surface area contributed by atoms with Crippen LogP contribution in [0.25, 0.3) is 21.8 Å². The van der Waals surface area contributed by atoms with Crippen LogP contribution in [0.15, 0.2) is 40.7 Å². The van der Waals surface area contributed by atoms with Gasteiger partial charge in [-0.1, -0.05) is 0 Å². The smallest absolute Gasteiger partial charge is 0.356 e. The highest BCUT2D eigenvalue weighted by atomic mass is 16.5. The van der Waals surface area contributed by atoms with Crippen molar-refractivity contribution in [2.75, 3.05) is 13.2 Å². The van der Waals surface area contributed by atoms with E-state index in [9.17, 15) is 9.59 Å². The van der Waals surface area contributed by atoms with E-state index in [2.05, 4.69) is 20.2 Å². The quantitative estimate of drug-likeness (QED) is 0.524. The van der Waals surface area contributed by atoms with Gasteiger partial charge in [0.25, 0.3) is 0 Å². The number of benzene rings is 1. The molecule has 0 saturated carbocycles. The Labute approximate surface area is 155 Å². The first-order valence-electron chi connectivity index (χ1n) is 8.69. The Morgan fingerprint density at radius 1 is 1.11 bits per heavy atom. The fourth-order valence-electron chi connectivity index (χ4n) is 2.63. The summed E-state index contributed by atoms with van der Waals surface area (Å²) < 4.78 is 9.92. The number of fused-ring (bicyclic) bond motifs is 3. The molecular weight excluding hydrogens is 348 g/mol. The van der Waals surface area contributed by atoms with Crippen molar-refractivity contribution in [2.24, 2.45) is 10.2 Å². The third-order valence-electron chi connectivity index (χ3n) is 3.93. The number of aromatic amines is 1. The maximum Gasteiger partial charge on any atom is 0.356 e. The molecule has 0 radical (unpaired) electrons. The van der Waals surface area contributed by atoms with Crippen molar-refractivity contribution in [1.29, 1.82) is 0 Å². The summed E-state index contributed by atoms with van der Waals surface area (Å²) in [6.07, 6.45) is 1.60. The normalized spacial score (nSPS) is 12.6. The largest absolute Gasteiger partial charge is 0.464 e. The van der Waals surface area contributed by atoms with E-state index in [0.717, 1.165) is 21.8 Å². The number of ether oxygens (including phenoxy) is 2. The average Bonchev–Trinajstić information content (AvgIpc) is 3.03. The summed E-state index contributed by atoms with van der Waals surface area (Å²) in [6.45, 7) is 5.71. The van der Waals surface area contributed by atoms with Crippen molar-refractivity contribution in [1.82, 2.24) is 9.97 Å². The number of aromatic nitrogens is 2. The summed E-state index contributed by atoms with van der Waals surface area (Å²) in [4.78, 5) is 31.0. The van der Waals surface area contributed by atoms with Gasteiger partial charge in [-0.3, -0.25) is 0 Å². The van der Waals surface area contributed by atoms with Crippen molar-refractivity contribution in [3.63, 3.8) is 0 Å². The van der Waals surface area contributed by atoms with E-state index in [0.29, 0.717) is 12.3 Å². The van der Waals surface area contributed by atoms with Crippen LogP contribution < -0.4 is 0 Å². The molecule has 8 heteroatoms. The van der Waals surface area contributed by atoms with Crippen LogP contribution in [-0.4, -0.2) is 41.2 Å². The molecule has 1 N–H and O–H groups in total. The number of nitrogens with one attached hydrogen (secondary N) is 1. The summed E-state index contributed by atoms with van der Waals surface area (Å²) in [5, 5.41) is 9.85. The number of nitrogens with zero attached hydrogens (tertiary/aromatic N) is 3. The van der Waals surface area contributed by atoms with Gasteiger partial charge in [-0.25, -0.2) is 14.6 Å². The van der Waals surface area contributed by atoms with Crippen LogP contribution in [0, 0.1) is 0 Å². The minimum absolute atomic E-state index is 0.244. The molecule has 3 rings (SSSR count). The van der Waals surface area contributed by atoms with E-state index in [1.165, 1.54) is 0 Å². The molecule has 1 aromatic carbocycles. The maximum absolute atomic E-state index is 11.9. The molecule has 2 aromatic heterocycles. The van der Waals surface area contributed by atoms with Crippen LogP contribution in [0.4, 0.5) is 5.69 Å². The number of carbonyl (C=O) groups excluding carboxylic acids is 2. The third-order valence-corrected chi connectivity index (χ3v) is 3.93. The SMILES string of the molecule is CCOC(=O)c1cc2c(cn1)[nH]c1ccc(N=NC(C)C(=O)OCC)cc12. The Morgan fingerprint density at radius 3 is 2.59 bits per heavy atom. The summed E-state index contributed by atoms with van der Waals surface area (Å²) in [5.41, 5.74) is 2.51. The molecule has 0 aliphatic heterocycles. The van der Waals surface area contributed by atoms with Crippen molar-refractivity contribution < 1.29 is 19.1 Å². The molecule has 8 nitrogen and oxygen atoms in total. The lowest BCUT2D eigenvalue weighted by molar-refractivity contribution is -0.144. The van der Waals surface area contributed by atoms with Gasteiger partial charge in [-0.15, -0.1) is 0 Å². The van der Waals surface area contributed by atoms with E-state index in [1.807, 2.05) is 12.1 Å². The molecule has 0 fully saturated rings. The summed E-state index contributed by atoms with van der Waals surface area (Å²) in [7, 11) is 0. The Balaban J connectivity index is 1.95. The standard InChI is InChI=1S/C19H20N4O4/c1-4-26-18(24)11(3)22-23-12-6-7-15-13(8-12)14-9-16(19(25)27-5-2)20-10-17(14)21-15/h6-11,21H,4-5H2,1-3H3. The number of hydrogen-bond donors (Lipinski definition) is 1. The highest BCUT2D eigenvalue weighted by molar-refractivity contribution is 6.09. The van der Waals surface area contributed by atoms with Gasteiger partial charge in [0.05, 0.1) is 30.6 Å². The van der Waals surface area contributed by atoms with Gasteiger partial charge >= 0.3 is 11.9 Å². The Morgan fingerprint density at radius 2 is 1.85 bits per heavy atom. The first kappa shape index (κ1) is 18.5. The summed E-state index contributed by atoms with van der Waals surface area (Å²) >= 11 is 0. The zero-order valence-electron chi connectivity index (χ0n) is 15.4. The van der Waals surface area contributed by atoms with Gasteiger partial charge in [-0.05, 0) is 45.0 Å². The Bertz CT molecular complexity index is 1030. The molecule has 0 aliphatic carbocycles. The van der Waals surface area contributed by atoms with Crippen LogP contribution in [-0.2, 0) is 14.3 Å². The molecule has 0 aliphatic rings. The Hall–Kier alpha value is -3.29. The van der Waals surface area contributed by atoms with E-state index >= 15 is 0 Å². The molecule has 0 saturated heterocycles. The second-order valence-corrected chi connectivity index (χ2v) is 5.83. The lowest BCUT2D eigenvalue weighted by Gasteiger charge is -2.03. The molecule has 140 valence electrons. The van der Waals surface area contributed by atoms with Crippen LogP contribution >= 0.6 is 0 Å². The maximum atomic E-state index is 11.9. The molecule has 0 bridgehead atoms. The number of azo groups is 1. The van der Waals surface area contributed by atoms with Gasteiger partial charge in [0.1, 0.15) is 5.69 Å². The van der Waals surface area contributed by atoms with E-state index in [1.54, 1.807) is 39.1 Å². The number of H-pyrrole nitrogens is 1. The number of esters is 2. The van der Waals surface area contributed by atoms with E-state index < -0.39 is 18.0 Å². The fraction of sp³-hybridized carbons (Fsp3) is 0.316. The van der Waals surface area contributed by atoms with E-state index in [-0.39, 0.29) is 12.3 Å². The zero-order chi connectivity index (χ0) is 19.4. The highest BCUT2D eigenvalue weighted by Gasteiger charge is 2.14. The first-order valence-corrected chi connectivity index (χ1v) is 8.69. The second kappa shape index (κ2) is 7.94. The van der Waals surface area contributed by atoms with Crippen molar-refractivity contribution in [3.05, 3.63) is 36.2 Å². The third kappa shape index (κ3) is 3.94. The summed E-state index contributed by atoms with van der Waals surface area (Å²) in [5.74, 6) is -0.882. The predicted molar refractivity (Wildman–Crippen MR) is 100 cm³/mol. The number of rotatable bonds is 6. The highest BCUT2D eigenvalue weighted by Crippen LogP contribution is 2.29. The first-order chi connectivity index (χ1) is 13.0. The molecular formula is C19H20N4O4. The van der Waals surface area contributed by atoms with Crippen LogP contribution in [0.2, 0.25) is 0 Å². The van der Waals surface area contributed by atoms with Crippen molar-refractivity contribution in [3.8, 4) is 0 Å². The monoisotopic (exact) mass is 368 g/mol.